The van der Waals surface area contributed by atoms with E-state index in [1.165, 1.54) is 29.7 Å². The first-order valence-corrected chi connectivity index (χ1v) is 6.96. The summed E-state index contributed by atoms with van der Waals surface area (Å²) in [6.45, 7) is 0. The Morgan fingerprint density at radius 2 is 1.95 bits per heavy atom. The molecule has 108 valence electrons. The summed E-state index contributed by atoms with van der Waals surface area (Å²) >= 11 is 0. The summed E-state index contributed by atoms with van der Waals surface area (Å²) in [5.74, 6) is -0.614. The molecule has 0 atom stereocenters. The lowest BCUT2D eigenvalue weighted by Crippen LogP contribution is -2.06. The molecule has 0 radical (unpaired) electrons. The third-order valence-corrected chi connectivity index (χ3v) is 3.77. The molecule has 0 spiro atoms. The van der Waals surface area contributed by atoms with Crippen molar-refractivity contribution in [2.75, 3.05) is 5.32 Å². The minimum atomic E-state index is -0.614. The van der Waals surface area contributed by atoms with Gasteiger partial charge in [-0.1, -0.05) is 12.1 Å². The maximum absolute atomic E-state index is 13.5. The summed E-state index contributed by atoms with van der Waals surface area (Å²) in [7, 11) is 0. The van der Waals surface area contributed by atoms with Gasteiger partial charge in [0.25, 0.3) is 5.69 Å². The largest absolute Gasteiger partial charge is 0.355 e. The first-order valence-electron chi connectivity index (χ1n) is 6.96. The third-order valence-electron chi connectivity index (χ3n) is 3.77. The highest BCUT2D eigenvalue weighted by Crippen LogP contribution is 2.31. The normalized spacial score (nSPS) is 13.6. The average Bonchev–Trinajstić information content (AvgIpc) is 2.47. The van der Waals surface area contributed by atoms with E-state index in [-0.39, 0.29) is 5.69 Å². The Balaban J connectivity index is 1.95. The summed E-state index contributed by atoms with van der Waals surface area (Å²) in [4.78, 5) is 10.2. The number of aryl methyl sites for hydroxylation is 1. The molecule has 1 aliphatic carbocycles. The van der Waals surface area contributed by atoms with Crippen molar-refractivity contribution in [1.29, 1.82) is 0 Å². The van der Waals surface area contributed by atoms with E-state index in [9.17, 15) is 14.5 Å². The molecule has 4 nitrogen and oxygen atoms in total. The van der Waals surface area contributed by atoms with Crippen molar-refractivity contribution in [2.45, 2.75) is 25.7 Å². The topological polar surface area (TPSA) is 55.2 Å². The van der Waals surface area contributed by atoms with Crippen molar-refractivity contribution in [2.24, 2.45) is 0 Å². The van der Waals surface area contributed by atoms with E-state index in [1.807, 2.05) is 12.1 Å². The molecular formula is C16H15FN2O2. The van der Waals surface area contributed by atoms with Crippen LogP contribution in [0.25, 0.3) is 0 Å². The summed E-state index contributed by atoms with van der Waals surface area (Å²) in [5.41, 5.74) is 3.60. The van der Waals surface area contributed by atoms with Crippen LogP contribution in [-0.2, 0) is 12.8 Å². The summed E-state index contributed by atoms with van der Waals surface area (Å²) in [6, 6.07) is 9.54. The fourth-order valence-corrected chi connectivity index (χ4v) is 2.81. The number of nitrogens with one attached hydrogen (secondary N) is 1. The SMILES string of the molecule is O=[N+]([O-])c1cc(F)cc(Nc2cccc3c2CCCC3)c1. The molecule has 0 fully saturated rings. The summed E-state index contributed by atoms with van der Waals surface area (Å²) < 4.78 is 13.5. The molecule has 1 aliphatic rings. The molecular weight excluding hydrogens is 271 g/mol. The summed E-state index contributed by atoms with van der Waals surface area (Å²) in [5, 5.41) is 13.9. The monoisotopic (exact) mass is 286 g/mol. The van der Waals surface area contributed by atoms with Crippen LogP contribution in [0.5, 0.6) is 0 Å². The smallest absolute Gasteiger partial charge is 0.274 e. The van der Waals surface area contributed by atoms with Crippen molar-refractivity contribution in [3.05, 3.63) is 63.5 Å². The van der Waals surface area contributed by atoms with Crippen molar-refractivity contribution in [3.8, 4) is 0 Å². The van der Waals surface area contributed by atoms with Gasteiger partial charge < -0.3 is 5.32 Å². The van der Waals surface area contributed by atoms with Gasteiger partial charge in [-0.2, -0.15) is 0 Å². The fourth-order valence-electron chi connectivity index (χ4n) is 2.81. The molecule has 2 aromatic carbocycles. The number of nitro groups is 1. The van der Waals surface area contributed by atoms with Crippen LogP contribution in [0.1, 0.15) is 24.0 Å². The zero-order valence-corrected chi connectivity index (χ0v) is 11.4. The average molecular weight is 286 g/mol. The van der Waals surface area contributed by atoms with E-state index < -0.39 is 10.7 Å². The first-order chi connectivity index (χ1) is 10.1. The van der Waals surface area contributed by atoms with E-state index >= 15 is 0 Å². The number of nitrogens with zero attached hydrogens (tertiary/aromatic N) is 1. The van der Waals surface area contributed by atoms with Crippen LogP contribution in [0.3, 0.4) is 0 Å². The Morgan fingerprint density at radius 3 is 2.76 bits per heavy atom. The Kier molecular flexibility index (Phi) is 3.56. The Labute approximate surface area is 121 Å². The van der Waals surface area contributed by atoms with Crippen molar-refractivity contribution in [1.82, 2.24) is 0 Å². The lowest BCUT2D eigenvalue weighted by atomic mass is 9.90. The minimum absolute atomic E-state index is 0.248. The van der Waals surface area contributed by atoms with Gasteiger partial charge in [0.15, 0.2) is 0 Å². The highest BCUT2D eigenvalue weighted by molar-refractivity contribution is 5.67. The lowest BCUT2D eigenvalue weighted by Gasteiger charge is -2.20. The van der Waals surface area contributed by atoms with Crippen molar-refractivity contribution < 1.29 is 9.31 Å². The molecule has 3 rings (SSSR count). The van der Waals surface area contributed by atoms with Crippen LogP contribution in [0.15, 0.2) is 36.4 Å². The summed E-state index contributed by atoms with van der Waals surface area (Å²) in [6.07, 6.45) is 4.35. The van der Waals surface area contributed by atoms with Gasteiger partial charge in [-0.3, -0.25) is 10.1 Å². The second kappa shape index (κ2) is 5.52. The highest BCUT2D eigenvalue weighted by Gasteiger charge is 2.14. The molecule has 0 saturated heterocycles. The molecule has 5 heteroatoms. The van der Waals surface area contributed by atoms with E-state index in [0.717, 1.165) is 31.0 Å². The molecule has 2 aromatic rings. The highest BCUT2D eigenvalue weighted by atomic mass is 19.1. The first kappa shape index (κ1) is 13.5. The van der Waals surface area contributed by atoms with E-state index in [2.05, 4.69) is 11.4 Å². The molecule has 0 unspecified atom stereocenters. The number of rotatable bonds is 3. The van der Waals surface area contributed by atoms with Crippen LogP contribution in [0, 0.1) is 15.9 Å². The van der Waals surface area contributed by atoms with E-state index in [0.29, 0.717) is 5.69 Å². The quantitative estimate of drug-likeness (QED) is 0.674. The van der Waals surface area contributed by atoms with Gasteiger partial charge in [0, 0.05) is 17.4 Å². The second-order valence-electron chi connectivity index (χ2n) is 5.23. The Hall–Kier alpha value is -2.43. The van der Waals surface area contributed by atoms with E-state index in [1.54, 1.807) is 0 Å². The van der Waals surface area contributed by atoms with Gasteiger partial charge in [0.05, 0.1) is 11.0 Å². The number of nitro benzene ring substituents is 1. The van der Waals surface area contributed by atoms with Gasteiger partial charge in [-0.05, 0) is 48.9 Å². The van der Waals surface area contributed by atoms with Crippen LogP contribution < -0.4 is 5.32 Å². The van der Waals surface area contributed by atoms with Crippen LogP contribution in [0.4, 0.5) is 21.5 Å². The molecule has 1 N–H and O–H groups in total. The Bertz CT molecular complexity index is 701. The van der Waals surface area contributed by atoms with Crippen LogP contribution >= 0.6 is 0 Å². The van der Waals surface area contributed by atoms with Gasteiger partial charge in [-0.25, -0.2) is 4.39 Å². The number of benzene rings is 2. The van der Waals surface area contributed by atoms with Crippen molar-refractivity contribution >= 4 is 17.1 Å². The molecule has 0 amide bonds. The molecule has 0 aliphatic heterocycles. The minimum Gasteiger partial charge on any atom is -0.355 e. The third kappa shape index (κ3) is 2.86. The predicted octanol–water partition coefficient (Wildman–Crippen LogP) is 4.36. The maximum atomic E-state index is 13.5. The molecule has 0 bridgehead atoms. The number of anilines is 2. The van der Waals surface area contributed by atoms with Crippen molar-refractivity contribution in [3.63, 3.8) is 0 Å². The maximum Gasteiger partial charge on any atom is 0.274 e. The molecule has 0 saturated carbocycles. The second-order valence-corrected chi connectivity index (χ2v) is 5.23. The van der Waals surface area contributed by atoms with Gasteiger partial charge in [-0.15, -0.1) is 0 Å². The number of hydrogen-bond acceptors (Lipinski definition) is 3. The number of hydrogen-bond donors (Lipinski definition) is 1. The predicted molar refractivity (Wildman–Crippen MR) is 79.4 cm³/mol. The fraction of sp³-hybridized carbons (Fsp3) is 0.250. The number of halogens is 1. The van der Waals surface area contributed by atoms with Crippen LogP contribution in [-0.4, -0.2) is 4.92 Å². The molecule has 0 aromatic heterocycles. The van der Waals surface area contributed by atoms with Gasteiger partial charge >= 0.3 is 0 Å². The zero-order chi connectivity index (χ0) is 14.8. The Morgan fingerprint density at radius 1 is 1.14 bits per heavy atom. The lowest BCUT2D eigenvalue weighted by molar-refractivity contribution is -0.385. The standard InChI is InChI=1S/C16H15FN2O2/c17-12-8-13(10-14(9-12)19(20)21)18-16-7-3-5-11-4-1-2-6-15(11)16/h3,5,7-10,18H,1-2,4,6H2. The van der Waals surface area contributed by atoms with Gasteiger partial charge in [0.2, 0.25) is 0 Å². The van der Waals surface area contributed by atoms with E-state index in [4.69, 9.17) is 0 Å². The van der Waals surface area contributed by atoms with Gasteiger partial charge in [0.1, 0.15) is 5.82 Å². The van der Waals surface area contributed by atoms with Crippen LogP contribution in [0.2, 0.25) is 0 Å². The molecule has 0 heterocycles. The number of non-ortho nitro benzene ring substituents is 1. The number of fused-ring (bicyclic) bond motifs is 1. The zero-order valence-electron chi connectivity index (χ0n) is 11.4. The molecule has 21 heavy (non-hydrogen) atoms.